The van der Waals surface area contributed by atoms with Gasteiger partial charge in [0.1, 0.15) is 12.4 Å². The first-order valence-corrected chi connectivity index (χ1v) is 8.51. The van der Waals surface area contributed by atoms with Crippen molar-refractivity contribution in [1.82, 2.24) is 5.32 Å². The molecule has 1 heterocycles. The zero-order chi connectivity index (χ0) is 17.3. The van der Waals surface area contributed by atoms with E-state index in [1.165, 1.54) is 0 Å². The van der Waals surface area contributed by atoms with Crippen LogP contribution in [-0.2, 0) is 19.7 Å². The molecule has 0 saturated carbocycles. The molecule has 4 nitrogen and oxygen atoms in total. The third kappa shape index (κ3) is 4.88. The summed E-state index contributed by atoms with van der Waals surface area (Å²) in [6, 6.07) is 20.0. The molecule has 4 heteroatoms. The van der Waals surface area contributed by atoms with Gasteiger partial charge >= 0.3 is 0 Å². The Bertz CT molecular complexity index is 754. The molecule has 25 heavy (non-hydrogen) atoms. The van der Waals surface area contributed by atoms with E-state index in [0.29, 0.717) is 26.3 Å². The second kappa shape index (κ2) is 8.94. The molecule has 2 aromatic carbocycles. The predicted molar refractivity (Wildman–Crippen MR) is 97.6 cm³/mol. The summed E-state index contributed by atoms with van der Waals surface area (Å²) >= 11 is 0. The zero-order valence-electron chi connectivity index (χ0n) is 14.4. The first-order valence-electron chi connectivity index (χ1n) is 8.51. The minimum atomic E-state index is 0.510. The molecule has 0 aliphatic heterocycles. The van der Waals surface area contributed by atoms with Crippen molar-refractivity contribution in [2.24, 2.45) is 0 Å². The Kier molecular flexibility index (Phi) is 6.12. The molecule has 0 aliphatic carbocycles. The van der Waals surface area contributed by atoms with Crippen LogP contribution in [0.1, 0.15) is 23.8 Å². The summed E-state index contributed by atoms with van der Waals surface area (Å²) in [5.41, 5.74) is 2.19. The second-order valence-electron chi connectivity index (χ2n) is 5.63. The van der Waals surface area contributed by atoms with E-state index in [9.17, 15) is 0 Å². The summed E-state index contributed by atoms with van der Waals surface area (Å²) in [6.07, 6.45) is 1.68. The Morgan fingerprint density at radius 2 is 1.76 bits per heavy atom. The van der Waals surface area contributed by atoms with Gasteiger partial charge in [0.05, 0.1) is 19.4 Å². The Morgan fingerprint density at radius 1 is 0.880 bits per heavy atom. The molecule has 130 valence electrons. The maximum Gasteiger partial charge on any atom is 0.166 e. The van der Waals surface area contributed by atoms with Crippen LogP contribution < -0.4 is 14.8 Å². The summed E-state index contributed by atoms with van der Waals surface area (Å²) in [5, 5.41) is 3.38. The number of nitrogens with one attached hydrogen (secondary N) is 1. The van der Waals surface area contributed by atoms with Gasteiger partial charge in [0.25, 0.3) is 0 Å². The molecule has 3 rings (SSSR count). The van der Waals surface area contributed by atoms with E-state index in [1.54, 1.807) is 6.26 Å². The van der Waals surface area contributed by atoms with Crippen LogP contribution in [0.15, 0.2) is 71.3 Å². The SMILES string of the molecule is CCOc1cccc(CNCc2ccco2)c1OCc1ccccc1. The third-order valence-electron chi connectivity index (χ3n) is 3.78. The van der Waals surface area contributed by atoms with Crippen LogP contribution in [0, 0.1) is 0 Å². The Morgan fingerprint density at radius 3 is 2.52 bits per heavy atom. The predicted octanol–water partition coefficient (Wildman–Crippen LogP) is 4.55. The lowest BCUT2D eigenvalue weighted by Gasteiger charge is -2.16. The van der Waals surface area contributed by atoms with Gasteiger partial charge in [0.15, 0.2) is 11.5 Å². The van der Waals surface area contributed by atoms with Crippen molar-refractivity contribution >= 4 is 0 Å². The number of hydrogen-bond acceptors (Lipinski definition) is 4. The highest BCUT2D eigenvalue weighted by Gasteiger charge is 2.11. The monoisotopic (exact) mass is 337 g/mol. The highest BCUT2D eigenvalue weighted by atomic mass is 16.5. The van der Waals surface area contributed by atoms with Crippen LogP contribution in [0.2, 0.25) is 0 Å². The van der Waals surface area contributed by atoms with Gasteiger partial charge in [-0.1, -0.05) is 42.5 Å². The lowest BCUT2D eigenvalue weighted by Crippen LogP contribution is -2.13. The van der Waals surface area contributed by atoms with Crippen molar-refractivity contribution in [3.05, 3.63) is 83.8 Å². The highest BCUT2D eigenvalue weighted by molar-refractivity contribution is 5.46. The zero-order valence-corrected chi connectivity index (χ0v) is 14.4. The van der Waals surface area contributed by atoms with Gasteiger partial charge in [0, 0.05) is 12.1 Å². The average Bonchev–Trinajstić information content (AvgIpc) is 3.16. The number of rotatable bonds is 9. The summed E-state index contributed by atoms with van der Waals surface area (Å²) in [4.78, 5) is 0. The molecule has 1 N–H and O–H groups in total. The molecule has 0 fully saturated rings. The van der Waals surface area contributed by atoms with Crippen molar-refractivity contribution in [2.45, 2.75) is 26.6 Å². The second-order valence-corrected chi connectivity index (χ2v) is 5.63. The lowest BCUT2D eigenvalue weighted by atomic mass is 10.1. The number of benzene rings is 2. The van der Waals surface area contributed by atoms with E-state index in [0.717, 1.165) is 28.4 Å². The minimum Gasteiger partial charge on any atom is -0.490 e. The van der Waals surface area contributed by atoms with E-state index < -0.39 is 0 Å². The fourth-order valence-corrected chi connectivity index (χ4v) is 2.60. The van der Waals surface area contributed by atoms with E-state index in [4.69, 9.17) is 13.9 Å². The van der Waals surface area contributed by atoms with Crippen molar-refractivity contribution in [3.63, 3.8) is 0 Å². The summed E-state index contributed by atoms with van der Waals surface area (Å²) < 4.78 is 17.2. The van der Waals surface area contributed by atoms with E-state index in [1.807, 2.05) is 49.4 Å². The summed E-state index contributed by atoms with van der Waals surface area (Å²) in [6.45, 7) is 4.43. The fourth-order valence-electron chi connectivity index (χ4n) is 2.60. The van der Waals surface area contributed by atoms with Gasteiger partial charge in [-0.05, 0) is 30.7 Å². The van der Waals surface area contributed by atoms with Gasteiger partial charge in [-0.15, -0.1) is 0 Å². The van der Waals surface area contributed by atoms with Crippen LogP contribution >= 0.6 is 0 Å². The molecular weight excluding hydrogens is 314 g/mol. The van der Waals surface area contributed by atoms with Crippen LogP contribution in [-0.4, -0.2) is 6.61 Å². The van der Waals surface area contributed by atoms with Crippen LogP contribution in [0.3, 0.4) is 0 Å². The van der Waals surface area contributed by atoms with Crippen molar-refractivity contribution in [1.29, 1.82) is 0 Å². The summed E-state index contributed by atoms with van der Waals surface area (Å²) in [5.74, 6) is 2.48. The first-order chi connectivity index (χ1) is 12.4. The number of furan rings is 1. The van der Waals surface area contributed by atoms with Gasteiger partial charge in [-0.2, -0.15) is 0 Å². The molecule has 0 saturated heterocycles. The highest BCUT2D eigenvalue weighted by Crippen LogP contribution is 2.32. The molecule has 3 aromatic rings. The van der Waals surface area contributed by atoms with Gasteiger partial charge in [-0.3, -0.25) is 0 Å². The maximum atomic E-state index is 6.11. The Labute approximate surface area is 148 Å². The van der Waals surface area contributed by atoms with E-state index in [2.05, 4.69) is 23.5 Å². The first kappa shape index (κ1) is 17.1. The molecule has 1 aromatic heterocycles. The molecule has 0 atom stereocenters. The molecule has 0 radical (unpaired) electrons. The van der Waals surface area contributed by atoms with Crippen LogP contribution in [0.25, 0.3) is 0 Å². The fraction of sp³-hybridized carbons (Fsp3) is 0.238. The van der Waals surface area contributed by atoms with Crippen molar-refractivity contribution in [2.75, 3.05) is 6.61 Å². The van der Waals surface area contributed by atoms with E-state index >= 15 is 0 Å². The number of hydrogen-bond donors (Lipinski definition) is 1. The number of para-hydroxylation sites is 1. The largest absolute Gasteiger partial charge is 0.490 e. The van der Waals surface area contributed by atoms with Gasteiger partial charge < -0.3 is 19.2 Å². The molecule has 0 aliphatic rings. The number of ether oxygens (including phenoxy) is 2. The molecule has 0 bridgehead atoms. The van der Waals surface area contributed by atoms with Crippen molar-refractivity contribution in [3.8, 4) is 11.5 Å². The standard InChI is InChI=1S/C21H23NO3/c1-2-23-20-12-6-10-18(14-22-15-19-11-7-13-24-19)21(20)25-16-17-8-4-3-5-9-17/h3-13,22H,2,14-16H2,1H3. The average molecular weight is 337 g/mol. The van der Waals surface area contributed by atoms with Crippen LogP contribution in [0.4, 0.5) is 0 Å². The van der Waals surface area contributed by atoms with Gasteiger partial charge in [0.2, 0.25) is 0 Å². The molecular formula is C21H23NO3. The normalized spacial score (nSPS) is 10.6. The third-order valence-corrected chi connectivity index (χ3v) is 3.78. The minimum absolute atomic E-state index is 0.510. The van der Waals surface area contributed by atoms with Gasteiger partial charge in [-0.25, -0.2) is 0 Å². The van der Waals surface area contributed by atoms with E-state index in [-0.39, 0.29) is 0 Å². The smallest absolute Gasteiger partial charge is 0.166 e. The van der Waals surface area contributed by atoms with Crippen molar-refractivity contribution < 1.29 is 13.9 Å². The quantitative estimate of drug-likeness (QED) is 0.622. The maximum absolute atomic E-state index is 6.11. The Balaban J connectivity index is 1.70. The lowest BCUT2D eigenvalue weighted by molar-refractivity contribution is 0.266. The van der Waals surface area contributed by atoms with Crippen LogP contribution in [0.5, 0.6) is 11.5 Å². The summed E-state index contributed by atoms with van der Waals surface area (Å²) in [7, 11) is 0. The molecule has 0 spiro atoms. The molecule has 0 unspecified atom stereocenters. The Hall–Kier alpha value is -2.72. The molecule has 0 amide bonds. The topological polar surface area (TPSA) is 43.6 Å².